The van der Waals surface area contributed by atoms with Gasteiger partial charge in [0.2, 0.25) is 0 Å². The van der Waals surface area contributed by atoms with Gasteiger partial charge in [-0.2, -0.15) is 0 Å². The van der Waals surface area contributed by atoms with Crippen molar-refractivity contribution in [2.45, 2.75) is 38.0 Å². The highest BCUT2D eigenvalue weighted by Gasteiger charge is 2.41. The molecule has 0 saturated carbocycles. The number of allylic oxidation sites excluding steroid dienone is 10. The Morgan fingerprint density at radius 3 is 2.58 bits per heavy atom. The van der Waals surface area contributed by atoms with Gasteiger partial charge < -0.3 is 0 Å². The molecule has 2 aliphatic rings. The molecule has 0 amide bonds. The normalized spacial score (nSPS) is 30.5. The lowest BCUT2D eigenvalue weighted by Crippen LogP contribution is -2.26. The maximum atomic E-state index is 4.48. The fraction of sp³-hybridized carbons (Fsp3) is 0.250. The number of hydrogen-bond acceptors (Lipinski definition) is 0. The van der Waals surface area contributed by atoms with E-state index < -0.39 is 0 Å². The maximum absolute atomic E-state index is 4.48. The van der Waals surface area contributed by atoms with Crippen molar-refractivity contribution in [3.63, 3.8) is 0 Å². The van der Waals surface area contributed by atoms with Gasteiger partial charge in [-0.3, -0.25) is 0 Å². The number of rotatable bonds is 0. The summed E-state index contributed by atoms with van der Waals surface area (Å²) in [4.78, 5) is 0. The Hall–Kier alpha value is -2.34. The first kappa shape index (κ1) is 16.5. The number of benzene rings is 1. The summed E-state index contributed by atoms with van der Waals surface area (Å²) in [5.41, 5.74) is 6.15. The molecule has 0 aliphatic heterocycles. The van der Waals surface area contributed by atoms with Crippen LogP contribution >= 0.6 is 0 Å². The van der Waals surface area contributed by atoms with Crippen LogP contribution < -0.4 is 0 Å². The van der Waals surface area contributed by atoms with E-state index in [1.165, 1.54) is 16.7 Å². The summed E-state index contributed by atoms with van der Waals surface area (Å²) in [5.74, 6) is 0. The van der Waals surface area contributed by atoms with Crippen molar-refractivity contribution in [2.24, 2.45) is 0 Å². The van der Waals surface area contributed by atoms with E-state index in [4.69, 9.17) is 0 Å². The Kier molecular flexibility index (Phi) is 4.85. The molecule has 1 aromatic rings. The zero-order valence-electron chi connectivity index (χ0n) is 14.6. The molecule has 1 atom stereocenters. The average molecular weight is 314 g/mol. The molecule has 24 heavy (non-hydrogen) atoms. The van der Waals surface area contributed by atoms with Gasteiger partial charge in [-0.05, 0) is 54.9 Å². The lowest BCUT2D eigenvalue weighted by molar-refractivity contribution is 0.611. The molecule has 0 bridgehead atoms. The third-order valence-corrected chi connectivity index (χ3v) is 5.17. The van der Waals surface area contributed by atoms with E-state index in [9.17, 15) is 0 Å². The van der Waals surface area contributed by atoms with Crippen LogP contribution in [0.5, 0.6) is 0 Å². The largest absolute Gasteiger partial charge is 0.0946 e. The highest BCUT2D eigenvalue weighted by atomic mass is 14.4. The highest BCUT2D eigenvalue weighted by Crippen LogP contribution is 2.49. The van der Waals surface area contributed by atoms with Gasteiger partial charge in [0.15, 0.2) is 0 Å². The van der Waals surface area contributed by atoms with Crippen LogP contribution in [-0.4, -0.2) is 0 Å². The average Bonchev–Trinajstić information content (AvgIpc) is 2.97. The molecule has 122 valence electrons. The first-order valence-corrected chi connectivity index (χ1v) is 8.80. The zero-order valence-corrected chi connectivity index (χ0v) is 14.6. The fourth-order valence-electron chi connectivity index (χ4n) is 3.88. The number of fused-ring (bicyclic) bond motifs is 2. The molecule has 0 N–H and O–H groups in total. The molecule has 0 radical (unpaired) electrons. The summed E-state index contributed by atoms with van der Waals surface area (Å²) >= 11 is 0. The van der Waals surface area contributed by atoms with E-state index in [1.54, 1.807) is 0 Å². The summed E-state index contributed by atoms with van der Waals surface area (Å²) in [6, 6.07) is 8.75. The van der Waals surface area contributed by atoms with Gasteiger partial charge in [-0.1, -0.05) is 85.5 Å². The van der Waals surface area contributed by atoms with Crippen molar-refractivity contribution in [3.05, 3.63) is 108 Å². The summed E-state index contributed by atoms with van der Waals surface area (Å²) in [6.07, 6.45) is 19.6. The van der Waals surface area contributed by atoms with Crippen LogP contribution in [-0.2, 0) is 11.8 Å². The van der Waals surface area contributed by atoms with E-state index in [0.717, 1.165) is 36.8 Å². The van der Waals surface area contributed by atoms with Crippen molar-refractivity contribution in [2.75, 3.05) is 0 Å². The Morgan fingerprint density at radius 2 is 1.71 bits per heavy atom. The van der Waals surface area contributed by atoms with E-state index in [-0.39, 0.29) is 5.41 Å². The second-order valence-electron chi connectivity index (χ2n) is 6.77. The Balaban J connectivity index is 2.13. The van der Waals surface area contributed by atoms with Crippen LogP contribution in [0, 0.1) is 0 Å². The molecule has 0 heteroatoms. The monoisotopic (exact) mass is 314 g/mol. The van der Waals surface area contributed by atoms with Gasteiger partial charge in [0.1, 0.15) is 0 Å². The fourth-order valence-corrected chi connectivity index (χ4v) is 3.88. The molecule has 0 nitrogen and oxygen atoms in total. The van der Waals surface area contributed by atoms with Crippen LogP contribution in [0.1, 0.15) is 37.3 Å². The maximum Gasteiger partial charge on any atom is 0.0445 e. The van der Waals surface area contributed by atoms with Gasteiger partial charge in [0, 0.05) is 5.41 Å². The molecule has 0 aromatic heterocycles. The third-order valence-electron chi connectivity index (χ3n) is 5.17. The smallest absolute Gasteiger partial charge is 0.0445 e. The lowest BCUT2D eigenvalue weighted by Gasteiger charge is -2.33. The Labute approximate surface area is 146 Å². The third kappa shape index (κ3) is 3.01. The SMILES string of the molecule is C=C1/C=C\C=C/CC/C=C\C(C)=C/C(=C)C12CCc1ccccc12. The molecular weight excluding hydrogens is 288 g/mol. The highest BCUT2D eigenvalue weighted by molar-refractivity contribution is 5.58. The predicted molar refractivity (Wildman–Crippen MR) is 105 cm³/mol. The Morgan fingerprint density at radius 1 is 0.917 bits per heavy atom. The van der Waals surface area contributed by atoms with Crippen LogP contribution in [0.15, 0.2) is 96.7 Å². The molecule has 0 saturated heterocycles. The van der Waals surface area contributed by atoms with Crippen LogP contribution in [0.25, 0.3) is 0 Å². The standard InChI is InChI=1S/C24H26/c1-19-12-8-6-4-5-7-9-13-20(2)24(21(3)18-19)17-16-22-14-10-11-15-23(22)24/h5,7-15,18H,2-4,6,16-17H2,1H3/b7-5-,12-8-,13-9-,19-18-. The molecule has 0 heterocycles. The molecule has 1 unspecified atom stereocenters. The van der Waals surface area contributed by atoms with E-state index in [1.807, 2.05) is 0 Å². The van der Waals surface area contributed by atoms with Crippen LogP contribution in [0.3, 0.4) is 0 Å². The minimum Gasteiger partial charge on any atom is -0.0946 e. The summed E-state index contributed by atoms with van der Waals surface area (Å²) in [7, 11) is 0. The molecule has 1 aromatic carbocycles. The minimum absolute atomic E-state index is 0.177. The minimum atomic E-state index is -0.177. The molecule has 3 rings (SSSR count). The Bertz CT molecular complexity index is 767. The van der Waals surface area contributed by atoms with Gasteiger partial charge in [-0.15, -0.1) is 0 Å². The first-order chi connectivity index (χ1) is 11.6. The lowest BCUT2D eigenvalue weighted by atomic mass is 9.70. The van der Waals surface area contributed by atoms with Gasteiger partial charge in [0.05, 0.1) is 0 Å². The molecular formula is C24H26. The van der Waals surface area contributed by atoms with E-state index >= 15 is 0 Å². The van der Waals surface area contributed by atoms with Crippen molar-refractivity contribution in [3.8, 4) is 0 Å². The van der Waals surface area contributed by atoms with Crippen molar-refractivity contribution >= 4 is 0 Å². The number of aryl methyl sites for hydroxylation is 1. The summed E-state index contributed by atoms with van der Waals surface area (Å²) in [5, 5.41) is 0. The summed E-state index contributed by atoms with van der Waals surface area (Å²) in [6.45, 7) is 11.1. The second kappa shape index (κ2) is 7.05. The van der Waals surface area contributed by atoms with Crippen LogP contribution in [0.2, 0.25) is 0 Å². The number of hydrogen-bond donors (Lipinski definition) is 0. The van der Waals surface area contributed by atoms with E-state index in [0.29, 0.717) is 0 Å². The van der Waals surface area contributed by atoms with Gasteiger partial charge in [0.25, 0.3) is 0 Å². The van der Waals surface area contributed by atoms with Crippen molar-refractivity contribution in [1.29, 1.82) is 0 Å². The van der Waals surface area contributed by atoms with Gasteiger partial charge >= 0.3 is 0 Å². The van der Waals surface area contributed by atoms with Crippen molar-refractivity contribution in [1.82, 2.24) is 0 Å². The van der Waals surface area contributed by atoms with E-state index in [2.05, 4.69) is 86.9 Å². The first-order valence-electron chi connectivity index (χ1n) is 8.80. The van der Waals surface area contributed by atoms with Gasteiger partial charge in [-0.25, -0.2) is 0 Å². The predicted octanol–water partition coefficient (Wildman–Crippen LogP) is 6.39. The quantitative estimate of drug-likeness (QED) is 0.520. The molecule has 1 spiro atoms. The second-order valence-corrected chi connectivity index (χ2v) is 6.77. The summed E-state index contributed by atoms with van der Waals surface area (Å²) < 4.78 is 0. The topological polar surface area (TPSA) is 0 Å². The molecule has 2 aliphatic carbocycles. The molecule has 0 fully saturated rings. The van der Waals surface area contributed by atoms with Crippen molar-refractivity contribution < 1.29 is 0 Å². The van der Waals surface area contributed by atoms with Crippen LogP contribution in [0.4, 0.5) is 0 Å². The zero-order chi connectivity index (χ0) is 17.0.